The molecule has 1 fully saturated rings. The molecule has 3 rings (SSSR count). The zero-order chi connectivity index (χ0) is 12.2. The third kappa shape index (κ3) is 4.09. The molecule has 19 heavy (non-hydrogen) atoms. The minimum Gasteiger partial charge on any atom is -0.356 e. The summed E-state index contributed by atoms with van der Waals surface area (Å²) in [6.07, 6.45) is 3.90. The molecule has 1 aliphatic heterocycles. The van der Waals surface area contributed by atoms with Crippen LogP contribution < -0.4 is 10.6 Å². The summed E-state index contributed by atoms with van der Waals surface area (Å²) >= 11 is 0. The highest BCUT2D eigenvalue weighted by atomic mass is 127. The molecule has 4 heteroatoms. The van der Waals surface area contributed by atoms with E-state index in [0.29, 0.717) is 5.92 Å². The Kier molecular flexibility index (Phi) is 5.48. The molecule has 2 N–H and O–H groups in total. The number of hydrogen-bond acceptors (Lipinski definition) is 3. The SMILES string of the molecule is I.c1ccc(C(CNC2=NCCCN2)C2CC2)cc1. The second-order valence-electron chi connectivity index (χ2n) is 5.25. The predicted octanol–water partition coefficient (Wildman–Crippen LogP) is 2.74. The third-order valence-corrected chi connectivity index (χ3v) is 3.81. The first-order valence-electron chi connectivity index (χ1n) is 7.00. The van der Waals surface area contributed by atoms with Crippen LogP contribution in [0.2, 0.25) is 0 Å². The van der Waals surface area contributed by atoms with Crippen molar-refractivity contribution < 1.29 is 0 Å². The van der Waals surface area contributed by atoms with Gasteiger partial charge in [0.1, 0.15) is 0 Å². The van der Waals surface area contributed by atoms with Crippen LogP contribution in [0, 0.1) is 5.92 Å². The fourth-order valence-corrected chi connectivity index (χ4v) is 2.61. The highest BCUT2D eigenvalue weighted by Gasteiger charge is 2.32. The zero-order valence-corrected chi connectivity index (χ0v) is 13.5. The van der Waals surface area contributed by atoms with Crippen LogP contribution >= 0.6 is 24.0 Å². The van der Waals surface area contributed by atoms with Gasteiger partial charge < -0.3 is 10.6 Å². The van der Waals surface area contributed by atoms with Crippen LogP contribution in [0.4, 0.5) is 0 Å². The first-order chi connectivity index (χ1) is 8.93. The molecule has 1 aliphatic carbocycles. The molecule has 1 unspecified atom stereocenters. The van der Waals surface area contributed by atoms with E-state index < -0.39 is 0 Å². The molecule has 1 heterocycles. The van der Waals surface area contributed by atoms with Crippen LogP contribution in [0.25, 0.3) is 0 Å². The van der Waals surface area contributed by atoms with Crippen LogP contribution in [-0.4, -0.2) is 25.6 Å². The Morgan fingerprint density at radius 3 is 2.68 bits per heavy atom. The van der Waals surface area contributed by atoms with Crippen molar-refractivity contribution in [2.45, 2.75) is 25.2 Å². The van der Waals surface area contributed by atoms with E-state index in [1.54, 1.807) is 0 Å². The molecule has 0 amide bonds. The lowest BCUT2D eigenvalue weighted by Crippen LogP contribution is -2.42. The number of hydrogen-bond donors (Lipinski definition) is 2. The highest BCUT2D eigenvalue weighted by molar-refractivity contribution is 14.0. The first kappa shape index (κ1) is 14.6. The van der Waals surface area contributed by atoms with Crippen molar-refractivity contribution in [1.29, 1.82) is 0 Å². The minimum absolute atomic E-state index is 0. The average Bonchev–Trinajstić information content (AvgIpc) is 3.26. The number of halogens is 1. The Morgan fingerprint density at radius 2 is 2.05 bits per heavy atom. The normalized spacial score (nSPS) is 19.7. The Morgan fingerprint density at radius 1 is 1.26 bits per heavy atom. The standard InChI is InChI=1S/C15H21N3.HI/c1-2-5-12(6-3-1)14(13-7-8-13)11-18-15-16-9-4-10-17-15;/h1-3,5-6,13-14H,4,7-11H2,(H2,16,17,18);1H. The van der Waals surface area contributed by atoms with Crippen molar-refractivity contribution >= 4 is 29.9 Å². The highest BCUT2D eigenvalue weighted by Crippen LogP contribution is 2.42. The lowest BCUT2D eigenvalue weighted by molar-refractivity contribution is 0.576. The van der Waals surface area contributed by atoms with E-state index in [9.17, 15) is 0 Å². The predicted molar refractivity (Wildman–Crippen MR) is 90.2 cm³/mol. The summed E-state index contributed by atoms with van der Waals surface area (Å²) < 4.78 is 0. The van der Waals surface area contributed by atoms with Gasteiger partial charge >= 0.3 is 0 Å². The maximum Gasteiger partial charge on any atom is 0.191 e. The van der Waals surface area contributed by atoms with Crippen molar-refractivity contribution in [2.24, 2.45) is 10.9 Å². The van der Waals surface area contributed by atoms with Gasteiger partial charge in [0.2, 0.25) is 0 Å². The van der Waals surface area contributed by atoms with Crippen molar-refractivity contribution in [1.82, 2.24) is 10.6 Å². The van der Waals surface area contributed by atoms with E-state index in [1.165, 1.54) is 18.4 Å². The van der Waals surface area contributed by atoms with Gasteiger partial charge in [-0.25, -0.2) is 0 Å². The summed E-state index contributed by atoms with van der Waals surface area (Å²) in [7, 11) is 0. The maximum absolute atomic E-state index is 4.47. The number of aliphatic imine (C=N–C) groups is 1. The van der Waals surface area contributed by atoms with Gasteiger partial charge in [0.05, 0.1) is 0 Å². The Hall–Kier alpha value is -0.780. The summed E-state index contributed by atoms with van der Waals surface area (Å²) in [5.41, 5.74) is 1.46. The van der Waals surface area contributed by atoms with Gasteiger partial charge in [-0.2, -0.15) is 0 Å². The van der Waals surface area contributed by atoms with E-state index in [-0.39, 0.29) is 24.0 Å². The Labute approximate surface area is 132 Å². The molecule has 0 aromatic heterocycles. The molecule has 1 aromatic carbocycles. The van der Waals surface area contributed by atoms with E-state index >= 15 is 0 Å². The third-order valence-electron chi connectivity index (χ3n) is 3.81. The Balaban J connectivity index is 0.00000133. The number of benzene rings is 1. The monoisotopic (exact) mass is 371 g/mol. The lowest BCUT2D eigenvalue weighted by atomic mass is 9.94. The van der Waals surface area contributed by atoms with Gasteiger partial charge in [-0.1, -0.05) is 30.3 Å². The Bertz CT molecular complexity index is 415. The minimum atomic E-state index is 0. The quantitative estimate of drug-likeness (QED) is 0.799. The second kappa shape index (κ2) is 7.12. The largest absolute Gasteiger partial charge is 0.356 e. The summed E-state index contributed by atoms with van der Waals surface area (Å²) in [6.45, 7) is 3.00. The molecule has 3 nitrogen and oxygen atoms in total. The van der Waals surface area contributed by atoms with Crippen LogP contribution in [0.1, 0.15) is 30.7 Å². The van der Waals surface area contributed by atoms with Gasteiger partial charge in [0.15, 0.2) is 5.96 Å². The van der Waals surface area contributed by atoms with Crippen LogP contribution in [0.15, 0.2) is 35.3 Å². The molecule has 0 bridgehead atoms. The molecule has 2 aliphatic rings. The van der Waals surface area contributed by atoms with Gasteiger partial charge in [-0.3, -0.25) is 4.99 Å². The van der Waals surface area contributed by atoms with Crippen molar-refractivity contribution in [2.75, 3.05) is 19.6 Å². The molecule has 104 valence electrons. The van der Waals surface area contributed by atoms with Crippen LogP contribution in [0.5, 0.6) is 0 Å². The second-order valence-corrected chi connectivity index (χ2v) is 5.25. The molecule has 1 saturated carbocycles. The lowest BCUT2D eigenvalue weighted by Gasteiger charge is -2.21. The summed E-state index contributed by atoms with van der Waals surface area (Å²) in [4.78, 5) is 4.47. The van der Waals surface area contributed by atoms with Crippen molar-refractivity contribution in [3.05, 3.63) is 35.9 Å². The van der Waals surface area contributed by atoms with Crippen LogP contribution in [-0.2, 0) is 0 Å². The number of rotatable bonds is 4. The van der Waals surface area contributed by atoms with E-state index in [1.807, 2.05) is 0 Å². The van der Waals surface area contributed by atoms with Gasteiger partial charge in [-0.05, 0) is 30.7 Å². The fourth-order valence-electron chi connectivity index (χ4n) is 2.61. The molecule has 0 saturated heterocycles. The number of guanidine groups is 1. The first-order valence-corrected chi connectivity index (χ1v) is 7.00. The van der Waals surface area contributed by atoms with E-state index in [0.717, 1.165) is 37.9 Å². The van der Waals surface area contributed by atoms with Crippen LogP contribution in [0.3, 0.4) is 0 Å². The number of nitrogens with zero attached hydrogens (tertiary/aromatic N) is 1. The van der Waals surface area contributed by atoms with E-state index in [2.05, 4.69) is 46.0 Å². The van der Waals surface area contributed by atoms with Gasteiger partial charge in [0, 0.05) is 25.6 Å². The molecule has 1 atom stereocenters. The molecule has 0 radical (unpaired) electrons. The average molecular weight is 371 g/mol. The van der Waals surface area contributed by atoms with Gasteiger partial charge in [-0.15, -0.1) is 24.0 Å². The topological polar surface area (TPSA) is 36.4 Å². The number of nitrogens with one attached hydrogen (secondary N) is 2. The summed E-state index contributed by atoms with van der Waals surface area (Å²) in [5.74, 6) is 2.49. The van der Waals surface area contributed by atoms with Crippen molar-refractivity contribution in [3.8, 4) is 0 Å². The smallest absolute Gasteiger partial charge is 0.191 e. The molecule has 0 spiro atoms. The fraction of sp³-hybridized carbons (Fsp3) is 0.533. The molecule has 1 aromatic rings. The summed E-state index contributed by atoms with van der Waals surface area (Å²) in [6, 6.07) is 10.9. The maximum atomic E-state index is 4.47. The molecular weight excluding hydrogens is 349 g/mol. The summed E-state index contributed by atoms with van der Waals surface area (Å²) in [5, 5.41) is 6.80. The zero-order valence-electron chi connectivity index (χ0n) is 11.1. The van der Waals surface area contributed by atoms with E-state index in [4.69, 9.17) is 0 Å². The van der Waals surface area contributed by atoms with Gasteiger partial charge in [0.25, 0.3) is 0 Å². The molecular formula is C15H22IN3. The van der Waals surface area contributed by atoms with Crippen molar-refractivity contribution in [3.63, 3.8) is 0 Å².